The molecule has 2 aromatic rings. The summed E-state index contributed by atoms with van der Waals surface area (Å²) in [4.78, 5) is 20.4. The maximum atomic E-state index is 12.1. The number of rotatable bonds is 4. The summed E-state index contributed by atoms with van der Waals surface area (Å²) in [5.41, 5.74) is 0.854. The molecule has 2 heterocycles. The summed E-state index contributed by atoms with van der Waals surface area (Å²) in [7, 11) is 0. The molecule has 2 N–H and O–H groups in total. The fourth-order valence-corrected chi connectivity index (χ4v) is 1.99. The minimum absolute atomic E-state index is 0.197. The van der Waals surface area contributed by atoms with Crippen molar-refractivity contribution in [3.8, 4) is 11.5 Å². The van der Waals surface area contributed by atoms with Crippen LogP contribution >= 0.6 is 0 Å². The molecule has 7 heteroatoms. The van der Waals surface area contributed by atoms with Crippen LogP contribution in [0.1, 0.15) is 24.3 Å². The topological polar surface area (TPSA) is 85.4 Å². The Kier molecular flexibility index (Phi) is 3.78. The van der Waals surface area contributed by atoms with Gasteiger partial charge in [-0.1, -0.05) is 0 Å². The van der Waals surface area contributed by atoms with Crippen LogP contribution in [-0.4, -0.2) is 28.7 Å². The average Bonchev–Trinajstić information content (AvgIpc) is 2.95. The van der Waals surface area contributed by atoms with Crippen molar-refractivity contribution in [1.29, 1.82) is 0 Å². The Hall–Kier alpha value is -2.83. The molecule has 0 saturated heterocycles. The standard InChI is InChI=1S/C15H16N4O3/c1-9(2)18-14-7-16-11(6-17-14)15(20)19-10-3-4-12-13(5-10)22-8-21-12/h3-7,9H,8H2,1-2H3,(H,17,18)(H,19,20). The van der Waals surface area contributed by atoms with Crippen molar-refractivity contribution in [3.05, 3.63) is 36.3 Å². The zero-order valence-corrected chi connectivity index (χ0v) is 12.3. The molecule has 0 aliphatic carbocycles. The second-order valence-electron chi connectivity index (χ2n) is 5.11. The number of hydrogen-bond acceptors (Lipinski definition) is 6. The van der Waals surface area contributed by atoms with E-state index in [0.717, 1.165) is 0 Å². The molecule has 0 unspecified atom stereocenters. The van der Waals surface area contributed by atoms with E-state index in [-0.39, 0.29) is 24.4 Å². The molecular formula is C15H16N4O3. The quantitative estimate of drug-likeness (QED) is 0.901. The largest absolute Gasteiger partial charge is 0.454 e. The Bertz CT molecular complexity index is 686. The van der Waals surface area contributed by atoms with Crippen LogP contribution in [0.5, 0.6) is 11.5 Å². The molecule has 1 aromatic carbocycles. The molecule has 0 spiro atoms. The van der Waals surface area contributed by atoms with Crippen LogP contribution in [-0.2, 0) is 0 Å². The maximum Gasteiger partial charge on any atom is 0.275 e. The first-order valence-electron chi connectivity index (χ1n) is 6.91. The second kappa shape index (κ2) is 5.88. The lowest BCUT2D eigenvalue weighted by Gasteiger charge is -2.09. The molecular weight excluding hydrogens is 284 g/mol. The second-order valence-corrected chi connectivity index (χ2v) is 5.11. The highest BCUT2D eigenvalue weighted by Gasteiger charge is 2.15. The lowest BCUT2D eigenvalue weighted by molar-refractivity contribution is 0.102. The van der Waals surface area contributed by atoms with E-state index in [1.807, 2.05) is 13.8 Å². The van der Waals surface area contributed by atoms with Gasteiger partial charge in [0.2, 0.25) is 6.79 Å². The van der Waals surface area contributed by atoms with Gasteiger partial charge in [-0.15, -0.1) is 0 Å². The van der Waals surface area contributed by atoms with E-state index in [9.17, 15) is 4.79 Å². The predicted molar refractivity (Wildman–Crippen MR) is 81.3 cm³/mol. The molecule has 22 heavy (non-hydrogen) atoms. The van der Waals surface area contributed by atoms with E-state index in [2.05, 4.69) is 20.6 Å². The molecule has 114 valence electrons. The van der Waals surface area contributed by atoms with E-state index in [0.29, 0.717) is 23.0 Å². The van der Waals surface area contributed by atoms with Crippen molar-refractivity contribution < 1.29 is 14.3 Å². The number of fused-ring (bicyclic) bond motifs is 1. The highest BCUT2D eigenvalue weighted by Crippen LogP contribution is 2.34. The monoisotopic (exact) mass is 300 g/mol. The van der Waals surface area contributed by atoms with Crippen LogP contribution in [0.3, 0.4) is 0 Å². The fourth-order valence-electron chi connectivity index (χ4n) is 1.99. The first kappa shape index (κ1) is 14.1. The number of carbonyl (C=O) groups excluding carboxylic acids is 1. The molecule has 1 amide bonds. The van der Waals surface area contributed by atoms with Crippen molar-refractivity contribution in [2.24, 2.45) is 0 Å². The smallest absolute Gasteiger partial charge is 0.275 e. The minimum atomic E-state index is -0.331. The van der Waals surface area contributed by atoms with Gasteiger partial charge in [0.05, 0.1) is 12.4 Å². The van der Waals surface area contributed by atoms with Gasteiger partial charge in [-0.25, -0.2) is 9.97 Å². The summed E-state index contributed by atoms with van der Waals surface area (Å²) < 4.78 is 10.5. The molecule has 7 nitrogen and oxygen atoms in total. The number of ether oxygens (including phenoxy) is 2. The van der Waals surface area contributed by atoms with E-state index in [4.69, 9.17) is 9.47 Å². The van der Waals surface area contributed by atoms with Crippen LogP contribution in [0.15, 0.2) is 30.6 Å². The van der Waals surface area contributed by atoms with Crippen molar-refractivity contribution in [2.75, 3.05) is 17.4 Å². The first-order chi connectivity index (χ1) is 10.6. The first-order valence-corrected chi connectivity index (χ1v) is 6.91. The summed E-state index contributed by atoms with van der Waals surface area (Å²) in [6, 6.07) is 5.46. The Labute approximate surface area is 127 Å². The Morgan fingerprint density at radius 2 is 2.00 bits per heavy atom. The van der Waals surface area contributed by atoms with E-state index in [1.165, 1.54) is 12.4 Å². The highest BCUT2D eigenvalue weighted by molar-refractivity contribution is 6.02. The third kappa shape index (κ3) is 3.08. The highest BCUT2D eigenvalue weighted by atomic mass is 16.7. The van der Waals surface area contributed by atoms with Crippen LogP contribution in [0, 0.1) is 0 Å². The summed E-state index contributed by atoms with van der Waals surface area (Å²) >= 11 is 0. The molecule has 0 saturated carbocycles. The summed E-state index contributed by atoms with van der Waals surface area (Å²) in [6.45, 7) is 4.20. The van der Waals surface area contributed by atoms with E-state index >= 15 is 0 Å². The fraction of sp³-hybridized carbons (Fsp3) is 0.267. The van der Waals surface area contributed by atoms with Crippen molar-refractivity contribution in [3.63, 3.8) is 0 Å². The molecule has 0 radical (unpaired) electrons. The number of anilines is 2. The van der Waals surface area contributed by atoms with Gasteiger partial charge < -0.3 is 20.1 Å². The lowest BCUT2D eigenvalue weighted by atomic mass is 10.2. The molecule has 0 fully saturated rings. The average molecular weight is 300 g/mol. The van der Waals surface area contributed by atoms with Crippen molar-refractivity contribution in [2.45, 2.75) is 19.9 Å². The zero-order chi connectivity index (χ0) is 15.5. The summed E-state index contributed by atoms with van der Waals surface area (Å²) in [6.07, 6.45) is 2.97. The van der Waals surface area contributed by atoms with Crippen LogP contribution in [0.25, 0.3) is 0 Å². The third-order valence-electron chi connectivity index (χ3n) is 2.95. The molecule has 3 rings (SSSR count). The van der Waals surface area contributed by atoms with Gasteiger partial charge in [-0.05, 0) is 26.0 Å². The van der Waals surface area contributed by atoms with Gasteiger partial charge in [0.15, 0.2) is 11.5 Å². The third-order valence-corrected chi connectivity index (χ3v) is 2.95. The SMILES string of the molecule is CC(C)Nc1cnc(C(=O)Nc2ccc3c(c2)OCO3)cn1. The number of nitrogens with one attached hydrogen (secondary N) is 2. The molecule has 1 aromatic heterocycles. The summed E-state index contributed by atoms with van der Waals surface area (Å²) in [5.74, 6) is 1.58. The van der Waals surface area contributed by atoms with Gasteiger partial charge in [0.1, 0.15) is 11.5 Å². The van der Waals surface area contributed by atoms with Gasteiger partial charge in [0, 0.05) is 17.8 Å². The van der Waals surface area contributed by atoms with Gasteiger partial charge in [-0.2, -0.15) is 0 Å². The Morgan fingerprint density at radius 1 is 1.18 bits per heavy atom. The molecule has 1 aliphatic heterocycles. The number of nitrogens with zero attached hydrogens (tertiary/aromatic N) is 2. The van der Waals surface area contributed by atoms with Crippen LogP contribution in [0.2, 0.25) is 0 Å². The number of benzene rings is 1. The molecule has 1 aliphatic rings. The van der Waals surface area contributed by atoms with Crippen molar-refractivity contribution >= 4 is 17.4 Å². The zero-order valence-electron chi connectivity index (χ0n) is 12.3. The van der Waals surface area contributed by atoms with Crippen molar-refractivity contribution in [1.82, 2.24) is 9.97 Å². The van der Waals surface area contributed by atoms with Gasteiger partial charge in [0.25, 0.3) is 5.91 Å². The van der Waals surface area contributed by atoms with E-state index in [1.54, 1.807) is 18.2 Å². The van der Waals surface area contributed by atoms with Crippen LogP contribution in [0.4, 0.5) is 11.5 Å². The number of aromatic nitrogens is 2. The van der Waals surface area contributed by atoms with Crippen LogP contribution < -0.4 is 20.1 Å². The van der Waals surface area contributed by atoms with Gasteiger partial charge in [-0.3, -0.25) is 4.79 Å². The number of hydrogen-bond donors (Lipinski definition) is 2. The summed E-state index contributed by atoms with van der Waals surface area (Å²) in [5, 5.41) is 5.86. The van der Waals surface area contributed by atoms with E-state index < -0.39 is 0 Å². The minimum Gasteiger partial charge on any atom is -0.454 e. The Morgan fingerprint density at radius 3 is 2.73 bits per heavy atom. The Balaban J connectivity index is 1.69. The molecule has 0 bridgehead atoms. The lowest BCUT2D eigenvalue weighted by Crippen LogP contribution is -2.16. The predicted octanol–water partition coefficient (Wildman–Crippen LogP) is 2.28. The molecule has 0 atom stereocenters. The maximum absolute atomic E-state index is 12.1. The van der Waals surface area contributed by atoms with Gasteiger partial charge >= 0.3 is 0 Å². The number of amides is 1. The number of carbonyl (C=O) groups is 1. The normalized spacial score (nSPS) is 12.3.